The molecule has 1 aliphatic rings. The summed E-state index contributed by atoms with van der Waals surface area (Å²) >= 11 is 0. The molecule has 0 spiro atoms. The standard InChI is InChI=1S/C13H14N2O/c1-8-5-10-11-6-9(16-2)3-4-12(11)15-13(10)7-14-8/h3-4,6,14-15H,1,5,7H2,2H3. The fourth-order valence-corrected chi connectivity index (χ4v) is 2.25. The number of fused-ring (bicyclic) bond motifs is 3. The van der Waals surface area contributed by atoms with Crippen LogP contribution in [0.5, 0.6) is 5.75 Å². The van der Waals surface area contributed by atoms with Gasteiger partial charge in [-0.2, -0.15) is 0 Å². The maximum absolute atomic E-state index is 5.26. The Morgan fingerprint density at radius 1 is 1.38 bits per heavy atom. The van der Waals surface area contributed by atoms with Crippen molar-refractivity contribution in [2.24, 2.45) is 0 Å². The zero-order valence-electron chi connectivity index (χ0n) is 9.26. The van der Waals surface area contributed by atoms with Crippen molar-refractivity contribution in [2.75, 3.05) is 7.11 Å². The van der Waals surface area contributed by atoms with E-state index in [0.29, 0.717) is 0 Å². The molecule has 0 atom stereocenters. The van der Waals surface area contributed by atoms with Gasteiger partial charge in [-0.3, -0.25) is 0 Å². The predicted octanol–water partition coefficient (Wildman–Crippen LogP) is 2.34. The highest BCUT2D eigenvalue weighted by atomic mass is 16.5. The molecule has 3 rings (SSSR count). The van der Waals surface area contributed by atoms with Gasteiger partial charge in [0.05, 0.1) is 13.7 Å². The number of hydrogen-bond donors (Lipinski definition) is 2. The van der Waals surface area contributed by atoms with E-state index in [1.165, 1.54) is 22.2 Å². The van der Waals surface area contributed by atoms with Gasteiger partial charge >= 0.3 is 0 Å². The monoisotopic (exact) mass is 214 g/mol. The third-order valence-electron chi connectivity index (χ3n) is 3.11. The minimum atomic E-state index is 0.838. The summed E-state index contributed by atoms with van der Waals surface area (Å²) in [6.45, 7) is 4.82. The highest BCUT2D eigenvalue weighted by Crippen LogP contribution is 2.29. The zero-order valence-corrected chi connectivity index (χ0v) is 9.26. The van der Waals surface area contributed by atoms with Crippen molar-refractivity contribution in [1.29, 1.82) is 0 Å². The number of ether oxygens (including phenoxy) is 1. The highest BCUT2D eigenvalue weighted by Gasteiger charge is 2.16. The van der Waals surface area contributed by atoms with E-state index < -0.39 is 0 Å². The number of aromatic nitrogens is 1. The molecule has 0 aliphatic carbocycles. The summed E-state index contributed by atoms with van der Waals surface area (Å²) in [5, 5.41) is 4.52. The van der Waals surface area contributed by atoms with Gasteiger partial charge in [-0.05, 0) is 23.8 Å². The quantitative estimate of drug-likeness (QED) is 0.764. The number of hydrogen-bond acceptors (Lipinski definition) is 2. The first-order chi connectivity index (χ1) is 7.78. The molecule has 0 radical (unpaired) electrons. The smallest absolute Gasteiger partial charge is 0.119 e. The Labute approximate surface area is 94.1 Å². The van der Waals surface area contributed by atoms with Crippen LogP contribution >= 0.6 is 0 Å². The average Bonchev–Trinajstić information content (AvgIpc) is 2.66. The molecule has 0 bridgehead atoms. The van der Waals surface area contributed by atoms with Gasteiger partial charge in [0.1, 0.15) is 5.75 Å². The summed E-state index contributed by atoms with van der Waals surface area (Å²) in [6.07, 6.45) is 0.891. The molecule has 3 heteroatoms. The second-order valence-corrected chi connectivity index (χ2v) is 4.13. The highest BCUT2D eigenvalue weighted by molar-refractivity contribution is 5.86. The Morgan fingerprint density at radius 2 is 2.25 bits per heavy atom. The Kier molecular flexibility index (Phi) is 1.93. The van der Waals surface area contributed by atoms with Crippen LogP contribution in [0.25, 0.3) is 10.9 Å². The summed E-state index contributed by atoms with van der Waals surface area (Å²) in [5.41, 5.74) is 4.85. The topological polar surface area (TPSA) is 37.0 Å². The van der Waals surface area contributed by atoms with Gasteiger partial charge in [-0.15, -0.1) is 0 Å². The van der Waals surface area contributed by atoms with Crippen molar-refractivity contribution in [1.82, 2.24) is 10.3 Å². The number of rotatable bonds is 1. The van der Waals surface area contributed by atoms with Gasteiger partial charge in [-0.25, -0.2) is 0 Å². The molecular formula is C13H14N2O. The molecule has 82 valence electrons. The van der Waals surface area contributed by atoms with Crippen LogP contribution in [0, 0.1) is 0 Å². The molecule has 2 aromatic rings. The normalized spacial score (nSPS) is 14.7. The van der Waals surface area contributed by atoms with Crippen molar-refractivity contribution >= 4 is 10.9 Å². The van der Waals surface area contributed by atoms with Crippen molar-refractivity contribution in [3.63, 3.8) is 0 Å². The molecular weight excluding hydrogens is 200 g/mol. The van der Waals surface area contributed by atoms with E-state index in [1.807, 2.05) is 6.07 Å². The van der Waals surface area contributed by atoms with Crippen LogP contribution < -0.4 is 10.1 Å². The lowest BCUT2D eigenvalue weighted by Crippen LogP contribution is -2.20. The van der Waals surface area contributed by atoms with Gasteiger partial charge in [0, 0.05) is 28.7 Å². The van der Waals surface area contributed by atoms with E-state index in [9.17, 15) is 0 Å². The molecule has 3 nitrogen and oxygen atoms in total. The van der Waals surface area contributed by atoms with Gasteiger partial charge in [0.25, 0.3) is 0 Å². The van der Waals surface area contributed by atoms with Gasteiger partial charge < -0.3 is 15.0 Å². The van der Waals surface area contributed by atoms with Crippen LogP contribution in [0.4, 0.5) is 0 Å². The fourth-order valence-electron chi connectivity index (χ4n) is 2.25. The Morgan fingerprint density at radius 3 is 3.06 bits per heavy atom. The lowest BCUT2D eigenvalue weighted by Gasteiger charge is -2.16. The second-order valence-electron chi connectivity index (χ2n) is 4.13. The van der Waals surface area contributed by atoms with Crippen LogP contribution in [0.2, 0.25) is 0 Å². The predicted molar refractivity (Wildman–Crippen MR) is 64.5 cm³/mol. The van der Waals surface area contributed by atoms with Crippen LogP contribution in [0.3, 0.4) is 0 Å². The average molecular weight is 214 g/mol. The first-order valence-corrected chi connectivity index (χ1v) is 5.37. The van der Waals surface area contributed by atoms with Crippen molar-refractivity contribution in [3.05, 3.63) is 41.7 Å². The zero-order chi connectivity index (χ0) is 11.1. The van der Waals surface area contributed by atoms with Crippen molar-refractivity contribution < 1.29 is 4.74 Å². The number of nitrogens with one attached hydrogen (secondary N) is 2. The third-order valence-corrected chi connectivity index (χ3v) is 3.11. The fraction of sp³-hybridized carbons (Fsp3) is 0.231. The molecule has 0 saturated carbocycles. The maximum Gasteiger partial charge on any atom is 0.119 e. The number of benzene rings is 1. The Hall–Kier alpha value is -1.90. The van der Waals surface area contributed by atoms with E-state index >= 15 is 0 Å². The first kappa shape index (κ1) is 9.33. The van der Waals surface area contributed by atoms with Crippen LogP contribution in [-0.4, -0.2) is 12.1 Å². The van der Waals surface area contributed by atoms with E-state index in [2.05, 4.69) is 29.0 Å². The minimum Gasteiger partial charge on any atom is -0.497 e. The van der Waals surface area contributed by atoms with E-state index in [4.69, 9.17) is 4.74 Å². The Bertz CT molecular complexity index is 569. The molecule has 2 N–H and O–H groups in total. The molecule has 1 aromatic heterocycles. The van der Waals surface area contributed by atoms with Gasteiger partial charge in [-0.1, -0.05) is 6.58 Å². The number of aromatic amines is 1. The van der Waals surface area contributed by atoms with Crippen LogP contribution in [-0.2, 0) is 13.0 Å². The van der Waals surface area contributed by atoms with Crippen LogP contribution in [0.15, 0.2) is 30.5 Å². The Balaban J connectivity index is 2.23. The first-order valence-electron chi connectivity index (χ1n) is 5.37. The van der Waals surface area contributed by atoms with Crippen molar-refractivity contribution in [3.8, 4) is 5.75 Å². The molecule has 16 heavy (non-hydrogen) atoms. The molecule has 0 saturated heterocycles. The van der Waals surface area contributed by atoms with E-state index in [0.717, 1.165) is 24.4 Å². The molecule has 0 fully saturated rings. The molecule has 1 aromatic carbocycles. The van der Waals surface area contributed by atoms with E-state index in [-0.39, 0.29) is 0 Å². The third kappa shape index (κ3) is 1.28. The van der Waals surface area contributed by atoms with Crippen LogP contribution in [0.1, 0.15) is 11.3 Å². The van der Waals surface area contributed by atoms with Gasteiger partial charge in [0.2, 0.25) is 0 Å². The lowest BCUT2D eigenvalue weighted by molar-refractivity contribution is 0.415. The lowest BCUT2D eigenvalue weighted by atomic mass is 10.0. The summed E-state index contributed by atoms with van der Waals surface area (Å²) in [7, 11) is 1.70. The summed E-state index contributed by atoms with van der Waals surface area (Å²) in [6, 6.07) is 6.13. The second kappa shape index (κ2) is 3.30. The maximum atomic E-state index is 5.26. The minimum absolute atomic E-state index is 0.838. The largest absolute Gasteiger partial charge is 0.497 e. The SMILES string of the molecule is C=C1Cc2c([nH]c3ccc(OC)cc23)CN1. The summed E-state index contributed by atoms with van der Waals surface area (Å²) in [5.74, 6) is 0.901. The number of methoxy groups -OCH3 is 1. The molecule has 0 unspecified atom stereocenters. The van der Waals surface area contributed by atoms with Crippen molar-refractivity contribution in [2.45, 2.75) is 13.0 Å². The number of H-pyrrole nitrogens is 1. The summed E-state index contributed by atoms with van der Waals surface area (Å²) in [4.78, 5) is 3.43. The van der Waals surface area contributed by atoms with E-state index in [1.54, 1.807) is 7.11 Å². The summed E-state index contributed by atoms with van der Waals surface area (Å²) < 4.78 is 5.26. The molecule has 1 aliphatic heterocycles. The number of allylic oxidation sites excluding steroid dienone is 1. The van der Waals surface area contributed by atoms with Gasteiger partial charge in [0.15, 0.2) is 0 Å². The molecule has 0 amide bonds. The molecule has 2 heterocycles.